The van der Waals surface area contributed by atoms with Gasteiger partial charge in [-0.15, -0.1) is 0 Å². The van der Waals surface area contributed by atoms with Gasteiger partial charge in [0.2, 0.25) is 0 Å². The van der Waals surface area contributed by atoms with Crippen molar-refractivity contribution in [1.29, 1.82) is 0 Å². The number of rotatable bonds is 3. The third-order valence-electron chi connectivity index (χ3n) is 6.37. The average Bonchev–Trinajstić information content (AvgIpc) is 3.28. The first-order valence-corrected chi connectivity index (χ1v) is 11.6. The fourth-order valence-electron chi connectivity index (χ4n) is 4.11. The van der Waals surface area contributed by atoms with Gasteiger partial charge in [0.15, 0.2) is 0 Å². The van der Waals surface area contributed by atoms with E-state index in [-0.39, 0.29) is 12.5 Å². The molecule has 8 nitrogen and oxygen atoms in total. The molecule has 178 valence electrons. The van der Waals surface area contributed by atoms with Gasteiger partial charge < -0.3 is 20.1 Å². The minimum Gasteiger partial charge on any atom is -0.489 e. The van der Waals surface area contributed by atoms with Gasteiger partial charge in [-0.05, 0) is 48.6 Å². The van der Waals surface area contributed by atoms with E-state index in [0.717, 1.165) is 17.5 Å². The zero-order chi connectivity index (χ0) is 24.4. The number of aromatic nitrogens is 2. The number of amides is 2. The van der Waals surface area contributed by atoms with E-state index in [4.69, 9.17) is 4.74 Å². The van der Waals surface area contributed by atoms with Crippen molar-refractivity contribution >= 4 is 17.6 Å². The molecule has 0 spiro atoms. The molecule has 2 N–H and O–H groups in total. The van der Waals surface area contributed by atoms with E-state index in [0.29, 0.717) is 36.3 Å². The molecule has 0 bridgehead atoms. The molecule has 2 heterocycles. The van der Waals surface area contributed by atoms with Crippen LogP contribution in [0.25, 0.3) is 0 Å². The first-order chi connectivity index (χ1) is 16.9. The fraction of sp³-hybridized carbons (Fsp3) is 0.296. The maximum Gasteiger partial charge on any atom is 0.342 e. The first kappa shape index (κ1) is 22.7. The van der Waals surface area contributed by atoms with E-state index in [1.54, 1.807) is 37.6 Å². The molecule has 1 aliphatic carbocycles. The lowest BCUT2D eigenvalue weighted by Crippen LogP contribution is -2.50. The van der Waals surface area contributed by atoms with Gasteiger partial charge in [0.25, 0.3) is 5.91 Å². The molecule has 1 aromatic heterocycles. The Kier molecular flexibility index (Phi) is 6.01. The lowest BCUT2D eigenvalue weighted by Gasteiger charge is -2.30. The molecule has 0 saturated heterocycles. The fourth-order valence-corrected chi connectivity index (χ4v) is 4.11. The zero-order valence-corrected chi connectivity index (χ0v) is 19.4. The average molecular weight is 471 g/mol. The van der Waals surface area contributed by atoms with Crippen LogP contribution in [0.1, 0.15) is 36.0 Å². The summed E-state index contributed by atoms with van der Waals surface area (Å²) in [7, 11) is 1.64. The molecule has 1 fully saturated rings. The van der Waals surface area contributed by atoms with Crippen LogP contribution in [0.2, 0.25) is 0 Å². The molecule has 0 unspecified atom stereocenters. The van der Waals surface area contributed by atoms with Gasteiger partial charge in [-0.2, -0.15) is 9.78 Å². The quantitative estimate of drug-likeness (QED) is 0.574. The Hall–Kier alpha value is -4.09. The molecule has 1 atom stereocenters. The highest BCUT2D eigenvalue weighted by Crippen LogP contribution is 2.33. The summed E-state index contributed by atoms with van der Waals surface area (Å²) in [6.07, 6.45) is 6.28. The molecule has 5 rings (SSSR count). The Morgan fingerprint density at radius 1 is 1.23 bits per heavy atom. The number of aliphatic hydroxyl groups is 1. The van der Waals surface area contributed by atoms with Gasteiger partial charge in [-0.3, -0.25) is 4.79 Å². The van der Waals surface area contributed by atoms with Crippen molar-refractivity contribution in [3.8, 4) is 17.6 Å². The summed E-state index contributed by atoms with van der Waals surface area (Å²) in [5.74, 6) is 6.14. The smallest absolute Gasteiger partial charge is 0.342 e. The van der Waals surface area contributed by atoms with Crippen molar-refractivity contribution in [2.24, 2.45) is 0 Å². The van der Waals surface area contributed by atoms with Crippen LogP contribution in [0.5, 0.6) is 5.75 Å². The summed E-state index contributed by atoms with van der Waals surface area (Å²) < 4.78 is 7.05. The monoisotopic (exact) mass is 470 g/mol. The molecule has 2 amide bonds. The Bertz CT molecular complexity index is 1320. The van der Waals surface area contributed by atoms with E-state index in [2.05, 4.69) is 22.3 Å². The van der Waals surface area contributed by atoms with Gasteiger partial charge in [-0.25, -0.2) is 4.79 Å². The summed E-state index contributed by atoms with van der Waals surface area (Å²) in [4.78, 5) is 27.4. The molecule has 1 aliphatic heterocycles. The number of carbonyl (C=O) groups excluding carboxylic acids is 2. The van der Waals surface area contributed by atoms with Crippen molar-refractivity contribution in [1.82, 2.24) is 15.1 Å². The van der Waals surface area contributed by atoms with Crippen molar-refractivity contribution in [3.05, 3.63) is 77.6 Å². The maximum absolute atomic E-state index is 13.1. The number of carbonyl (C=O) groups is 2. The zero-order valence-electron chi connectivity index (χ0n) is 19.4. The van der Waals surface area contributed by atoms with Gasteiger partial charge >= 0.3 is 6.03 Å². The molecule has 3 aromatic rings. The predicted molar refractivity (Wildman–Crippen MR) is 130 cm³/mol. The number of nitrogens with zero attached hydrogens (tertiary/aromatic N) is 3. The summed E-state index contributed by atoms with van der Waals surface area (Å²) >= 11 is 0. The summed E-state index contributed by atoms with van der Waals surface area (Å²) in [5, 5.41) is 17.1. The first-order valence-electron chi connectivity index (χ1n) is 11.6. The van der Waals surface area contributed by atoms with Crippen molar-refractivity contribution in [2.75, 3.05) is 18.6 Å². The van der Waals surface area contributed by atoms with E-state index < -0.39 is 17.7 Å². The molecule has 35 heavy (non-hydrogen) atoms. The number of ether oxygens (including phenoxy) is 1. The van der Waals surface area contributed by atoms with Crippen LogP contribution >= 0.6 is 0 Å². The number of fused-ring (bicyclic) bond motifs is 1. The molecule has 8 heteroatoms. The van der Waals surface area contributed by atoms with E-state index in [1.165, 1.54) is 9.58 Å². The number of hydrogen-bond acceptors (Lipinski definition) is 5. The van der Waals surface area contributed by atoms with E-state index in [9.17, 15) is 14.7 Å². The second-order valence-electron chi connectivity index (χ2n) is 8.98. The van der Waals surface area contributed by atoms with Crippen LogP contribution in [-0.2, 0) is 11.2 Å². The summed E-state index contributed by atoms with van der Waals surface area (Å²) in [5.41, 5.74) is 2.33. The van der Waals surface area contributed by atoms with Gasteiger partial charge in [0, 0.05) is 25.2 Å². The molecule has 0 radical (unpaired) electrons. The molecular weight excluding hydrogens is 444 g/mol. The SMILES string of the molecule is CN1C(=O)[C@H](NC(=O)n2cc(Cc3ccccc3)cn2)COc2ccc(C#CC3(O)CCC3)cc21. The second-order valence-corrected chi connectivity index (χ2v) is 8.98. The standard InChI is InChI=1S/C27H26N4O4/c1-30-23-15-20(10-13-27(34)11-5-12-27)8-9-24(23)35-18-22(25(30)32)29-26(33)31-17-21(16-28-31)14-19-6-3-2-4-7-19/h2-4,6-9,15-17,22,34H,5,11-12,14,18H2,1H3,(H,29,33)/t22-/m1/s1. The second kappa shape index (κ2) is 9.28. The number of nitrogens with one attached hydrogen (secondary N) is 1. The minimum atomic E-state index is -0.909. The normalized spacial score (nSPS) is 18.3. The maximum atomic E-state index is 13.1. The highest BCUT2D eigenvalue weighted by molar-refractivity contribution is 6.00. The van der Waals surface area contributed by atoms with E-state index in [1.807, 2.05) is 30.3 Å². The van der Waals surface area contributed by atoms with Crippen LogP contribution < -0.4 is 15.0 Å². The molecular formula is C27H26N4O4. The Morgan fingerprint density at radius 3 is 2.77 bits per heavy atom. The van der Waals surface area contributed by atoms with Gasteiger partial charge in [0.1, 0.15) is 24.0 Å². The Labute approximate surface area is 203 Å². The van der Waals surface area contributed by atoms with Crippen molar-refractivity contribution < 1.29 is 19.4 Å². The third kappa shape index (κ3) is 4.91. The van der Waals surface area contributed by atoms with Crippen LogP contribution in [0, 0.1) is 11.8 Å². The number of anilines is 1. The van der Waals surface area contributed by atoms with Crippen molar-refractivity contribution in [2.45, 2.75) is 37.3 Å². The highest BCUT2D eigenvalue weighted by atomic mass is 16.5. The van der Waals surface area contributed by atoms with Crippen LogP contribution in [-0.4, -0.2) is 52.1 Å². The van der Waals surface area contributed by atoms with Gasteiger partial charge in [-0.1, -0.05) is 42.2 Å². The Balaban J connectivity index is 1.27. The van der Waals surface area contributed by atoms with E-state index >= 15 is 0 Å². The van der Waals surface area contributed by atoms with Crippen molar-refractivity contribution in [3.63, 3.8) is 0 Å². The third-order valence-corrected chi connectivity index (χ3v) is 6.37. The largest absolute Gasteiger partial charge is 0.489 e. The number of likely N-dealkylation sites (N-methyl/N-ethyl adjacent to an activating group) is 1. The predicted octanol–water partition coefficient (Wildman–Crippen LogP) is 2.72. The minimum absolute atomic E-state index is 0.00910. The lowest BCUT2D eigenvalue weighted by atomic mass is 9.81. The van der Waals surface area contributed by atoms with Crippen LogP contribution in [0.4, 0.5) is 10.5 Å². The number of hydrogen-bond donors (Lipinski definition) is 2. The van der Waals surface area contributed by atoms with Gasteiger partial charge in [0.05, 0.1) is 11.9 Å². The Morgan fingerprint density at radius 2 is 2.03 bits per heavy atom. The molecule has 2 aliphatic rings. The van der Waals surface area contributed by atoms with Crippen LogP contribution in [0.15, 0.2) is 60.9 Å². The highest BCUT2D eigenvalue weighted by Gasteiger charge is 2.33. The molecule has 1 saturated carbocycles. The number of benzene rings is 2. The lowest BCUT2D eigenvalue weighted by molar-refractivity contribution is -0.120. The van der Waals surface area contributed by atoms with Crippen LogP contribution in [0.3, 0.4) is 0 Å². The summed E-state index contributed by atoms with van der Waals surface area (Å²) in [6.45, 7) is -0.00910. The summed E-state index contributed by atoms with van der Waals surface area (Å²) in [6, 6.07) is 13.8. The topological polar surface area (TPSA) is 96.7 Å². The molecule has 2 aromatic carbocycles.